The van der Waals surface area contributed by atoms with Gasteiger partial charge in [-0.05, 0) is 24.0 Å². The van der Waals surface area contributed by atoms with Crippen molar-refractivity contribution in [2.45, 2.75) is 31.8 Å². The molecular weight excluding hydrogens is 226 g/mol. The second kappa shape index (κ2) is 4.53. The van der Waals surface area contributed by atoms with Gasteiger partial charge < -0.3 is 5.11 Å². The van der Waals surface area contributed by atoms with Crippen LogP contribution >= 0.6 is 0 Å². The fourth-order valence-corrected chi connectivity index (χ4v) is 2.17. The van der Waals surface area contributed by atoms with E-state index >= 15 is 0 Å². The first-order valence-electron chi connectivity index (χ1n) is 6.35. The maximum Gasteiger partial charge on any atom is 0.155 e. The highest BCUT2D eigenvalue weighted by Crippen LogP contribution is 2.38. The number of aryl methyl sites for hydroxylation is 1. The second-order valence-corrected chi connectivity index (χ2v) is 4.94. The van der Waals surface area contributed by atoms with Crippen LogP contribution in [0.15, 0.2) is 24.3 Å². The van der Waals surface area contributed by atoms with Crippen LogP contribution in [0.5, 0.6) is 0 Å². The Morgan fingerprint density at radius 2 is 1.89 bits per heavy atom. The number of aromatic nitrogens is 3. The first-order chi connectivity index (χ1) is 8.76. The number of hydrogen-bond acceptors (Lipinski definition) is 3. The fourth-order valence-electron chi connectivity index (χ4n) is 2.17. The summed E-state index contributed by atoms with van der Waals surface area (Å²) >= 11 is 0. The molecule has 1 fully saturated rings. The lowest BCUT2D eigenvalue weighted by Crippen LogP contribution is -1.97. The molecule has 0 unspecified atom stereocenters. The van der Waals surface area contributed by atoms with Crippen molar-refractivity contribution in [2.75, 3.05) is 0 Å². The highest BCUT2D eigenvalue weighted by atomic mass is 16.3. The van der Waals surface area contributed by atoms with Gasteiger partial charge in [-0.1, -0.05) is 24.3 Å². The van der Waals surface area contributed by atoms with Crippen molar-refractivity contribution < 1.29 is 5.11 Å². The predicted molar refractivity (Wildman–Crippen MR) is 68.1 cm³/mol. The summed E-state index contributed by atoms with van der Waals surface area (Å²) in [5, 5.41) is 13.5. The van der Waals surface area contributed by atoms with Crippen molar-refractivity contribution in [3.05, 3.63) is 47.0 Å². The van der Waals surface area contributed by atoms with E-state index in [-0.39, 0.29) is 6.61 Å². The summed E-state index contributed by atoms with van der Waals surface area (Å²) in [5.74, 6) is 2.64. The molecule has 2 aromatic rings. The number of aliphatic hydroxyl groups excluding tert-OH is 1. The molecule has 0 radical (unpaired) electrons. The van der Waals surface area contributed by atoms with Gasteiger partial charge >= 0.3 is 0 Å². The third kappa shape index (κ3) is 2.29. The van der Waals surface area contributed by atoms with Gasteiger partial charge in [-0.25, -0.2) is 4.98 Å². The van der Waals surface area contributed by atoms with Crippen molar-refractivity contribution in [1.82, 2.24) is 14.8 Å². The smallest absolute Gasteiger partial charge is 0.155 e. The molecule has 0 amide bonds. The topological polar surface area (TPSA) is 50.9 Å². The van der Waals surface area contributed by atoms with E-state index in [0.29, 0.717) is 5.92 Å². The molecule has 4 nitrogen and oxygen atoms in total. The Morgan fingerprint density at radius 3 is 2.50 bits per heavy atom. The molecule has 1 N–H and O–H groups in total. The molecule has 4 heteroatoms. The lowest BCUT2D eigenvalue weighted by atomic mass is 10.1. The molecule has 1 heterocycles. The molecule has 0 bridgehead atoms. The minimum atomic E-state index is 0.0912. The average molecular weight is 243 g/mol. The quantitative estimate of drug-likeness (QED) is 0.890. The lowest BCUT2D eigenvalue weighted by Gasteiger charge is -1.99. The average Bonchev–Trinajstić information content (AvgIpc) is 3.15. The molecule has 0 saturated heterocycles. The summed E-state index contributed by atoms with van der Waals surface area (Å²) in [6.45, 7) is 0.0912. The minimum absolute atomic E-state index is 0.0912. The van der Waals surface area contributed by atoms with Gasteiger partial charge in [-0.15, -0.1) is 0 Å². The van der Waals surface area contributed by atoms with Crippen LogP contribution in [0.1, 0.15) is 41.5 Å². The maximum absolute atomic E-state index is 9.00. The van der Waals surface area contributed by atoms with Crippen LogP contribution in [0, 0.1) is 0 Å². The molecule has 0 atom stereocenters. The molecule has 3 rings (SSSR count). The minimum Gasteiger partial charge on any atom is -0.392 e. The number of benzene rings is 1. The Kier molecular flexibility index (Phi) is 2.88. The lowest BCUT2D eigenvalue weighted by molar-refractivity contribution is 0.282. The summed E-state index contributed by atoms with van der Waals surface area (Å²) in [6.07, 6.45) is 3.25. The van der Waals surface area contributed by atoms with Gasteiger partial charge in [-0.3, -0.25) is 4.68 Å². The van der Waals surface area contributed by atoms with E-state index in [1.54, 1.807) is 0 Å². The monoisotopic (exact) mass is 243 g/mol. The van der Waals surface area contributed by atoms with Crippen LogP contribution in [0.3, 0.4) is 0 Å². The van der Waals surface area contributed by atoms with Crippen molar-refractivity contribution >= 4 is 0 Å². The van der Waals surface area contributed by atoms with Crippen molar-refractivity contribution in [2.24, 2.45) is 7.05 Å². The van der Waals surface area contributed by atoms with Crippen molar-refractivity contribution in [3.63, 3.8) is 0 Å². The van der Waals surface area contributed by atoms with E-state index in [9.17, 15) is 0 Å². The largest absolute Gasteiger partial charge is 0.392 e. The van der Waals surface area contributed by atoms with Crippen LogP contribution in [0.4, 0.5) is 0 Å². The highest BCUT2D eigenvalue weighted by Gasteiger charge is 2.28. The van der Waals surface area contributed by atoms with Gasteiger partial charge in [0.25, 0.3) is 0 Å². The molecule has 1 aliphatic rings. The van der Waals surface area contributed by atoms with Crippen molar-refractivity contribution in [3.8, 4) is 0 Å². The summed E-state index contributed by atoms with van der Waals surface area (Å²) in [4.78, 5) is 4.61. The number of aliphatic hydroxyl groups is 1. The third-order valence-corrected chi connectivity index (χ3v) is 3.35. The van der Waals surface area contributed by atoms with Gasteiger partial charge in [0.15, 0.2) is 5.82 Å². The Hall–Kier alpha value is -1.68. The molecule has 0 spiro atoms. The van der Waals surface area contributed by atoms with Crippen molar-refractivity contribution in [1.29, 1.82) is 0 Å². The normalized spacial score (nSPS) is 15.0. The van der Waals surface area contributed by atoms with E-state index in [4.69, 9.17) is 5.11 Å². The zero-order chi connectivity index (χ0) is 12.5. The van der Waals surface area contributed by atoms with Crippen LogP contribution in [0.25, 0.3) is 0 Å². The molecule has 0 aliphatic heterocycles. The van der Waals surface area contributed by atoms with E-state index in [1.165, 1.54) is 18.4 Å². The highest BCUT2D eigenvalue weighted by molar-refractivity contribution is 5.24. The molecule has 94 valence electrons. The summed E-state index contributed by atoms with van der Waals surface area (Å²) < 4.78 is 1.91. The van der Waals surface area contributed by atoms with Crippen LogP contribution in [-0.2, 0) is 20.1 Å². The van der Waals surface area contributed by atoms with Gasteiger partial charge in [0, 0.05) is 19.4 Å². The molecule has 1 saturated carbocycles. The fraction of sp³-hybridized carbons (Fsp3) is 0.429. The van der Waals surface area contributed by atoms with E-state index in [0.717, 1.165) is 23.6 Å². The standard InChI is InChI=1S/C14H17N3O/c1-17-14(12-6-7-12)15-13(16-17)8-10-2-4-11(9-18)5-3-10/h2-5,12,18H,6-9H2,1H3. The van der Waals surface area contributed by atoms with Crippen LogP contribution < -0.4 is 0 Å². The van der Waals surface area contributed by atoms with Crippen LogP contribution in [0.2, 0.25) is 0 Å². The summed E-state index contributed by atoms with van der Waals surface area (Å²) in [5.41, 5.74) is 2.12. The maximum atomic E-state index is 9.00. The molecule has 1 aromatic carbocycles. The second-order valence-electron chi connectivity index (χ2n) is 4.94. The Morgan fingerprint density at radius 1 is 1.22 bits per heavy atom. The first kappa shape index (κ1) is 11.4. The van der Waals surface area contributed by atoms with Gasteiger partial charge in [0.05, 0.1) is 6.61 Å². The zero-order valence-electron chi connectivity index (χ0n) is 10.5. The summed E-state index contributed by atoms with van der Waals surface area (Å²) in [6, 6.07) is 7.94. The molecule has 18 heavy (non-hydrogen) atoms. The third-order valence-electron chi connectivity index (χ3n) is 3.35. The summed E-state index contributed by atoms with van der Waals surface area (Å²) in [7, 11) is 1.97. The Balaban J connectivity index is 1.76. The van der Waals surface area contributed by atoms with Gasteiger partial charge in [0.2, 0.25) is 0 Å². The van der Waals surface area contributed by atoms with Gasteiger partial charge in [-0.2, -0.15) is 5.10 Å². The Bertz CT molecular complexity index is 541. The predicted octanol–water partition coefficient (Wildman–Crippen LogP) is 1.78. The molecule has 1 aromatic heterocycles. The number of nitrogens with zero attached hydrogens (tertiary/aromatic N) is 3. The first-order valence-corrected chi connectivity index (χ1v) is 6.35. The molecule has 1 aliphatic carbocycles. The zero-order valence-corrected chi connectivity index (χ0v) is 10.5. The van der Waals surface area contributed by atoms with Crippen LogP contribution in [-0.4, -0.2) is 19.9 Å². The van der Waals surface area contributed by atoms with E-state index in [1.807, 2.05) is 36.0 Å². The molecular formula is C14H17N3O. The van der Waals surface area contributed by atoms with E-state index < -0.39 is 0 Å². The van der Waals surface area contributed by atoms with Gasteiger partial charge in [0.1, 0.15) is 5.82 Å². The van der Waals surface area contributed by atoms with E-state index in [2.05, 4.69) is 10.1 Å². The number of rotatable bonds is 4. The number of hydrogen-bond donors (Lipinski definition) is 1. The Labute approximate surface area is 106 Å². The SMILES string of the molecule is Cn1nc(Cc2ccc(CO)cc2)nc1C1CC1.